The highest BCUT2D eigenvalue weighted by molar-refractivity contribution is 7.90. The maximum Gasteiger partial charge on any atom is 0.350 e. The van der Waals surface area contributed by atoms with Crippen LogP contribution in [0.5, 0.6) is 5.88 Å². The molecule has 0 fully saturated rings. The van der Waals surface area contributed by atoms with E-state index >= 15 is 0 Å². The lowest BCUT2D eigenvalue weighted by Gasteiger charge is -2.08. The van der Waals surface area contributed by atoms with Crippen molar-refractivity contribution < 1.29 is 13.5 Å². The first-order valence-electron chi connectivity index (χ1n) is 6.83. The summed E-state index contributed by atoms with van der Waals surface area (Å²) in [6.07, 6.45) is 1.09. The van der Waals surface area contributed by atoms with Crippen molar-refractivity contribution in [3.63, 3.8) is 0 Å². The molecule has 1 aromatic heterocycles. The third-order valence-electron chi connectivity index (χ3n) is 3.48. The molecular weight excluding hydrogens is 316 g/mol. The summed E-state index contributed by atoms with van der Waals surface area (Å²) >= 11 is 0. The Morgan fingerprint density at radius 3 is 2.22 bits per heavy atom. The number of nitrogens with zero attached hydrogens (tertiary/aromatic N) is 2. The third-order valence-corrected chi connectivity index (χ3v) is 5.32. The topological polar surface area (TPSA) is 81.3 Å². The van der Waals surface area contributed by atoms with Gasteiger partial charge in [-0.15, -0.1) is 3.97 Å². The molecule has 0 amide bonds. The first-order valence-corrected chi connectivity index (χ1v) is 8.27. The Bertz CT molecular complexity index is 1020. The standard InChI is InChI=1S/C16H14N2O4S/c1-12-7-5-6-10-14(12)23(21,22)18-15(19)11-17(16(18)20)13-8-3-2-4-9-13/h2-11,19H,1H3. The molecule has 3 aromatic rings. The van der Waals surface area contributed by atoms with E-state index in [2.05, 4.69) is 0 Å². The van der Waals surface area contributed by atoms with Crippen LogP contribution in [0.1, 0.15) is 5.56 Å². The van der Waals surface area contributed by atoms with Crippen LogP contribution in [0.2, 0.25) is 0 Å². The molecule has 0 atom stereocenters. The highest BCUT2D eigenvalue weighted by Crippen LogP contribution is 2.21. The number of hydrogen-bond acceptors (Lipinski definition) is 4. The number of aryl methyl sites for hydroxylation is 1. The van der Waals surface area contributed by atoms with E-state index in [4.69, 9.17) is 0 Å². The van der Waals surface area contributed by atoms with Gasteiger partial charge in [0.05, 0.1) is 16.8 Å². The molecule has 0 saturated heterocycles. The van der Waals surface area contributed by atoms with Gasteiger partial charge < -0.3 is 5.11 Å². The second kappa shape index (κ2) is 5.44. The minimum absolute atomic E-state index is 0.0248. The molecule has 0 aliphatic heterocycles. The van der Waals surface area contributed by atoms with E-state index in [0.717, 1.165) is 10.8 Å². The zero-order valence-corrected chi connectivity index (χ0v) is 13.1. The molecule has 1 heterocycles. The Labute approximate surface area is 132 Å². The Morgan fingerprint density at radius 1 is 0.957 bits per heavy atom. The SMILES string of the molecule is Cc1ccccc1S(=O)(=O)n1c(O)cn(-c2ccccc2)c1=O. The molecule has 0 spiro atoms. The second-order valence-electron chi connectivity index (χ2n) is 5.01. The second-order valence-corrected chi connectivity index (χ2v) is 6.77. The molecule has 0 bridgehead atoms. The molecule has 23 heavy (non-hydrogen) atoms. The maximum atomic E-state index is 12.7. The zero-order chi connectivity index (χ0) is 16.6. The van der Waals surface area contributed by atoms with Gasteiger partial charge in [0.2, 0.25) is 5.88 Å². The van der Waals surface area contributed by atoms with Gasteiger partial charge in [0, 0.05) is 0 Å². The van der Waals surface area contributed by atoms with Crippen molar-refractivity contribution >= 4 is 10.0 Å². The predicted octanol–water partition coefficient (Wildman–Crippen LogP) is 1.89. The molecular formula is C16H14N2O4S. The molecule has 0 saturated carbocycles. The summed E-state index contributed by atoms with van der Waals surface area (Å²) in [6.45, 7) is 1.63. The molecule has 0 aliphatic carbocycles. The number of para-hydroxylation sites is 1. The van der Waals surface area contributed by atoms with Crippen LogP contribution >= 0.6 is 0 Å². The highest BCUT2D eigenvalue weighted by atomic mass is 32.2. The Hall–Kier alpha value is -2.80. The summed E-state index contributed by atoms with van der Waals surface area (Å²) in [5.74, 6) is -0.637. The fourth-order valence-corrected chi connectivity index (χ4v) is 3.87. The lowest BCUT2D eigenvalue weighted by Crippen LogP contribution is -2.29. The fourth-order valence-electron chi connectivity index (χ4n) is 2.36. The molecule has 1 N–H and O–H groups in total. The van der Waals surface area contributed by atoms with Gasteiger partial charge >= 0.3 is 5.69 Å². The number of rotatable bonds is 3. The monoisotopic (exact) mass is 330 g/mol. The Kier molecular flexibility index (Phi) is 3.57. The van der Waals surface area contributed by atoms with Gasteiger partial charge in [-0.1, -0.05) is 36.4 Å². The van der Waals surface area contributed by atoms with Crippen molar-refractivity contribution in [2.45, 2.75) is 11.8 Å². The lowest BCUT2D eigenvalue weighted by molar-refractivity contribution is 0.443. The molecule has 2 aromatic carbocycles. The van der Waals surface area contributed by atoms with Crippen LogP contribution in [0, 0.1) is 6.92 Å². The first kappa shape index (κ1) is 15.1. The first-order chi connectivity index (χ1) is 10.9. The number of imidazole rings is 1. The van der Waals surface area contributed by atoms with Crippen LogP contribution in [0.25, 0.3) is 5.69 Å². The summed E-state index contributed by atoms with van der Waals surface area (Å²) < 4.78 is 27.0. The van der Waals surface area contributed by atoms with E-state index in [1.165, 1.54) is 6.07 Å². The largest absolute Gasteiger partial charge is 0.493 e. The van der Waals surface area contributed by atoms with Gasteiger partial charge in [-0.25, -0.2) is 13.2 Å². The molecule has 3 rings (SSSR count). The van der Waals surface area contributed by atoms with Gasteiger partial charge in [0.1, 0.15) is 0 Å². The summed E-state index contributed by atoms with van der Waals surface area (Å²) in [6, 6.07) is 14.8. The van der Waals surface area contributed by atoms with E-state index in [1.807, 2.05) is 0 Å². The number of aromatic hydroxyl groups is 1. The van der Waals surface area contributed by atoms with Crippen LogP contribution < -0.4 is 5.69 Å². The van der Waals surface area contributed by atoms with Gasteiger partial charge in [-0.3, -0.25) is 4.57 Å². The molecule has 118 valence electrons. The highest BCUT2D eigenvalue weighted by Gasteiger charge is 2.26. The minimum atomic E-state index is -4.18. The van der Waals surface area contributed by atoms with Crippen LogP contribution in [0.3, 0.4) is 0 Å². The Morgan fingerprint density at radius 2 is 1.57 bits per heavy atom. The molecule has 7 heteroatoms. The minimum Gasteiger partial charge on any atom is -0.493 e. The summed E-state index contributed by atoms with van der Waals surface area (Å²) in [5.41, 5.74) is 0.106. The normalized spacial score (nSPS) is 11.5. The number of benzene rings is 2. The average molecular weight is 330 g/mol. The van der Waals surface area contributed by atoms with E-state index in [1.54, 1.807) is 55.5 Å². The van der Waals surface area contributed by atoms with Crippen LogP contribution in [-0.2, 0) is 10.0 Å². The van der Waals surface area contributed by atoms with Gasteiger partial charge in [0.25, 0.3) is 10.0 Å². The van der Waals surface area contributed by atoms with E-state index in [-0.39, 0.29) is 4.90 Å². The quantitative estimate of drug-likeness (QED) is 0.795. The van der Waals surface area contributed by atoms with Crippen molar-refractivity contribution in [2.24, 2.45) is 0 Å². The van der Waals surface area contributed by atoms with Gasteiger partial charge in [-0.05, 0) is 30.7 Å². The lowest BCUT2D eigenvalue weighted by atomic mass is 10.2. The number of hydrogen-bond donors (Lipinski definition) is 1. The van der Waals surface area contributed by atoms with Crippen LogP contribution in [-0.4, -0.2) is 22.1 Å². The molecule has 0 unspecified atom stereocenters. The zero-order valence-electron chi connectivity index (χ0n) is 12.2. The van der Waals surface area contributed by atoms with Gasteiger partial charge in [0.15, 0.2) is 0 Å². The maximum absolute atomic E-state index is 12.7. The van der Waals surface area contributed by atoms with Crippen LogP contribution in [0.15, 0.2) is 70.5 Å². The van der Waals surface area contributed by atoms with E-state index in [9.17, 15) is 18.3 Å². The van der Waals surface area contributed by atoms with E-state index in [0.29, 0.717) is 15.2 Å². The van der Waals surface area contributed by atoms with Crippen molar-refractivity contribution in [1.29, 1.82) is 0 Å². The van der Waals surface area contributed by atoms with Crippen molar-refractivity contribution in [1.82, 2.24) is 8.54 Å². The summed E-state index contributed by atoms with van der Waals surface area (Å²) in [5, 5.41) is 10.0. The summed E-state index contributed by atoms with van der Waals surface area (Å²) in [4.78, 5) is 12.5. The summed E-state index contributed by atoms with van der Waals surface area (Å²) in [7, 11) is -4.18. The molecule has 0 aliphatic rings. The third kappa shape index (κ3) is 2.44. The number of aromatic nitrogens is 2. The van der Waals surface area contributed by atoms with Crippen molar-refractivity contribution in [3.05, 3.63) is 76.8 Å². The van der Waals surface area contributed by atoms with Gasteiger partial charge in [-0.2, -0.15) is 0 Å². The van der Waals surface area contributed by atoms with Crippen molar-refractivity contribution in [2.75, 3.05) is 0 Å². The van der Waals surface area contributed by atoms with Crippen molar-refractivity contribution in [3.8, 4) is 11.6 Å². The fraction of sp³-hybridized carbons (Fsp3) is 0.0625. The molecule has 0 radical (unpaired) electrons. The predicted molar refractivity (Wildman–Crippen MR) is 85.5 cm³/mol. The smallest absolute Gasteiger partial charge is 0.350 e. The Balaban J connectivity index is 2.25. The van der Waals surface area contributed by atoms with E-state index < -0.39 is 21.6 Å². The average Bonchev–Trinajstić information content (AvgIpc) is 2.84. The van der Waals surface area contributed by atoms with Crippen LogP contribution in [0.4, 0.5) is 0 Å². The molecule has 6 nitrogen and oxygen atoms in total.